The lowest BCUT2D eigenvalue weighted by Crippen LogP contribution is -2.42. The number of aromatic carboxylic acids is 2. The van der Waals surface area contributed by atoms with Crippen molar-refractivity contribution in [3.8, 4) is 10.3 Å². The number of likely N-dealkylation sites (N-methyl/N-ethyl adjacent to an activating group) is 1. The molecule has 6 aromatic heterocycles. The summed E-state index contributed by atoms with van der Waals surface area (Å²) in [5.41, 5.74) is -1.51. The van der Waals surface area contributed by atoms with Crippen LogP contribution < -0.4 is 20.7 Å². The number of ether oxygens (including phenoxy) is 1. The maximum absolute atomic E-state index is 13.0. The predicted octanol–water partition coefficient (Wildman–Crippen LogP) is 2.73. The van der Waals surface area contributed by atoms with Crippen LogP contribution in [0, 0.1) is 0 Å². The Balaban J connectivity index is 1.27. The van der Waals surface area contributed by atoms with Crippen LogP contribution in [0.25, 0.3) is 32.3 Å². The van der Waals surface area contributed by atoms with Gasteiger partial charge in [-0.1, -0.05) is 0 Å². The highest BCUT2D eigenvalue weighted by atomic mass is 32.1. The van der Waals surface area contributed by atoms with Gasteiger partial charge in [-0.3, -0.25) is 18.7 Å². The Morgan fingerprint density at radius 2 is 1.40 bits per heavy atom. The Morgan fingerprint density at radius 1 is 0.851 bits per heavy atom. The molecule has 1 aliphatic heterocycles. The van der Waals surface area contributed by atoms with Gasteiger partial charge in [0.1, 0.15) is 22.8 Å². The highest BCUT2D eigenvalue weighted by Crippen LogP contribution is 2.29. The average Bonchev–Trinajstić information content (AvgIpc) is 3.87. The summed E-state index contributed by atoms with van der Waals surface area (Å²) < 4.78 is 8.90. The minimum absolute atomic E-state index is 0.145. The smallest absolute Gasteiger partial charge is 0.341 e. The van der Waals surface area contributed by atoms with Gasteiger partial charge in [0.05, 0.1) is 22.9 Å². The van der Waals surface area contributed by atoms with Crippen molar-refractivity contribution in [1.82, 2.24) is 29.1 Å². The average molecular weight is 673 g/mol. The molecule has 7 rings (SSSR count). The topological polar surface area (TPSA) is 186 Å². The van der Waals surface area contributed by atoms with Crippen molar-refractivity contribution in [2.75, 3.05) is 37.0 Å². The summed E-state index contributed by atoms with van der Waals surface area (Å²) in [7, 11) is 3.46. The van der Waals surface area contributed by atoms with Gasteiger partial charge in [0.25, 0.3) is 0 Å². The van der Waals surface area contributed by atoms with Crippen LogP contribution in [0.2, 0.25) is 0 Å². The standard InChI is InChI=1S/C30H24N8O7S2/c1-35(21-5-3-15-23(39)17(27(41)42)11-37(25(15)33-21)29-31-7-9-46-29)19-13-36(14-20(19)45-2)22-6-4-16-24(40)18(28(43)44)12-38(26(16)34-22)30-32-8-10-47-30/h3-12,19-20H,13-14H2,1-2H3,(H,41,42)(H,43,44)/t19?,20-/m0/s1. The lowest BCUT2D eigenvalue weighted by molar-refractivity contribution is 0.0684. The number of pyridine rings is 4. The molecule has 0 bridgehead atoms. The van der Waals surface area contributed by atoms with Gasteiger partial charge in [0.15, 0.2) is 21.6 Å². The number of hydrogen-bond acceptors (Lipinski definition) is 13. The van der Waals surface area contributed by atoms with E-state index in [1.54, 1.807) is 54.5 Å². The first kappa shape index (κ1) is 30.2. The summed E-state index contributed by atoms with van der Waals surface area (Å²) in [4.78, 5) is 71.9. The minimum atomic E-state index is -1.34. The molecule has 238 valence electrons. The number of anilines is 2. The number of carbonyl (C=O) groups is 2. The maximum atomic E-state index is 13.0. The van der Waals surface area contributed by atoms with E-state index in [0.717, 1.165) is 0 Å². The van der Waals surface area contributed by atoms with E-state index < -0.39 is 22.8 Å². The van der Waals surface area contributed by atoms with Gasteiger partial charge in [-0.2, -0.15) is 0 Å². The number of fused-ring (bicyclic) bond motifs is 2. The molecule has 6 aromatic rings. The SMILES string of the molecule is CO[C@H]1CN(c2ccc3c(=O)c(C(=O)O)cn(-c4nccs4)c3n2)CC1N(C)c1ccc2c(=O)c(C(=O)O)cn(-c3nccs3)c2n1. The molecular weight excluding hydrogens is 649 g/mol. The lowest BCUT2D eigenvalue weighted by Gasteiger charge is -2.29. The number of methoxy groups -OCH3 is 1. The second-order valence-corrected chi connectivity index (χ2v) is 12.4. The zero-order chi connectivity index (χ0) is 33.0. The third-order valence-corrected chi connectivity index (χ3v) is 9.65. The number of rotatable bonds is 8. The number of thiazole rings is 2. The minimum Gasteiger partial charge on any atom is -0.477 e. The summed E-state index contributed by atoms with van der Waals surface area (Å²) in [6.45, 7) is 0.886. The van der Waals surface area contributed by atoms with Crippen LogP contribution in [0.3, 0.4) is 0 Å². The van der Waals surface area contributed by atoms with Crippen molar-refractivity contribution in [2.24, 2.45) is 0 Å². The van der Waals surface area contributed by atoms with E-state index >= 15 is 0 Å². The Kier molecular flexibility index (Phi) is 7.50. The zero-order valence-electron chi connectivity index (χ0n) is 24.7. The van der Waals surface area contributed by atoms with E-state index in [1.165, 1.54) is 44.2 Å². The van der Waals surface area contributed by atoms with Crippen LogP contribution in [-0.2, 0) is 4.74 Å². The van der Waals surface area contributed by atoms with Crippen molar-refractivity contribution in [1.29, 1.82) is 0 Å². The third-order valence-electron chi connectivity index (χ3n) is 8.11. The molecule has 0 aliphatic carbocycles. The van der Waals surface area contributed by atoms with Crippen LogP contribution in [0.4, 0.5) is 11.6 Å². The molecule has 1 saturated heterocycles. The fourth-order valence-electron chi connectivity index (χ4n) is 5.74. The Labute approximate surface area is 272 Å². The lowest BCUT2D eigenvalue weighted by atomic mass is 10.1. The molecule has 7 heterocycles. The molecule has 2 atom stereocenters. The Bertz CT molecular complexity index is 2300. The Hall–Kier alpha value is -5.52. The second-order valence-electron chi connectivity index (χ2n) is 10.7. The van der Waals surface area contributed by atoms with Crippen molar-refractivity contribution < 1.29 is 24.5 Å². The first-order valence-corrected chi connectivity index (χ1v) is 15.8. The molecule has 0 saturated carbocycles. The van der Waals surface area contributed by atoms with E-state index in [-0.39, 0.29) is 45.3 Å². The highest BCUT2D eigenvalue weighted by molar-refractivity contribution is 7.12. The van der Waals surface area contributed by atoms with Gasteiger partial charge in [0.2, 0.25) is 10.9 Å². The van der Waals surface area contributed by atoms with Crippen LogP contribution in [0.1, 0.15) is 20.7 Å². The van der Waals surface area contributed by atoms with Gasteiger partial charge in [-0.25, -0.2) is 29.5 Å². The van der Waals surface area contributed by atoms with Crippen LogP contribution in [-0.4, -0.2) is 90.6 Å². The largest absolute Gasteiger partial charge is 0.477 e. The van der Waals surface area contributed by atoms with Crippen LogP contribution in [0.15, 0.2) is 69.4 Å². The van der Waals surface area contributed by atoms with E-state index in [2.05, 4.69) is 9.97 Å². The second kappa shape index (κ2) is 11.7. The third kappa shape index (κ3) is 5.09. The highest BCUT2D eigenvalue weighted by Gasteiger charge is 2.37. The molecule has 0 aromatic carbocycles. The molecule has 17 heteroatoms. The first-order valence-electron chi connectivity index (χ1n) is 14.1. The van der Waals surface area contributed by atoms with Gasteiger partial charge >= 0.3 is 11.9 Å². The summed E-state index contributed by atoms with van der Waals surface area (Å²) in [5.74, 6) is -1.61. The van der Waals surface area contributed by atoms with Gasteiger partial charge in [-0.05, 0) is 24.3 Å². The van der Waals surface area contributed by atoms with Crippen molar-refractivity contribution in [3.63, 3.8) is 0 Å². The van der Waals surface area contributed by atoms with Crippen LogP contribution >= 0.6 is 22.7 Å². The van der Waals surface area contributed by atoms with Gasteiger partial charge in [-0.15, -0.1) is 22.7 Å². The molecule has 1 unspecified atom stereocenters. The fraction of sp³-hybridized carbons (Fsp3) is 0.200. The summed E-state index contributed by atoms with van der Waals surface area (Å²) in [5, 5.41) is 24.0. The molecule has 0 spiro atoms. The normalized spacial score (nSPS) is 16.3. The summed E-state index contributed by atoms with van der Waals surface area (Å²) >= 11 is 2.56. The maximum Gasteiger partial charge on any atom is 0.341 e. The molecule has 1 aliphatic rings. The molecular formula is C30H24N8O7S2. The number of nitrogens with zero attached hydrogens (tertiary/aromatic N) is 8. The van der Waals surface area contributed by atoms with E-state index in [0.29, 0.717) is 35.0 Å². The summed E-state index contributed by atoms with van der Waals surface area (Å²) in [6.07, 6.45) is 5.35. The monoisotopic (exact) mass is 672 g/mol. The first-order chi connectivity index (χ1) is 22.7. The molecule has 0 radical (unpaired) electrons. The molecule has 47 heavy (non-hydrogen) atoms. The molecule has 15 nitrogen and oxygen atoms in total. The molecule has 2 N–H and O–H groups in total. The number of carboxylic acids is 2. The van der Waals surface area contributed by atoms with Crippen LogP contribution in [0.5, 0.6) is 0 Å². The van der Waals surface area contributed by atoms with E-state index in [1.807, 2.05) is 16.8 Å². The quantitative estimate of drug-likeness (QED) is 0.241. The predicted molar refractivity (Wildman–Crippen MR) is 175 cm³/mol. The molecule has 0 amide bonds. The number of aromatic nitrogens is 6. The summed E-state index contributed by atoms with van der Waals surface area (Å²) in [6, 6.07) is 6.24. The van der Waals surface area contributed by atoms with Crippen molar-refractivity contribution in [2.45, 2.75) is 12.1 Å². The zero-order valence-corrected chi connectivity index (χ0v) is 26.3. The van der Waals surface area contributed by atoms with Crippen molar-refractivity contribution in [3.05, 3.63) is 91.4 Å². The number of hydrogen-bond donors (Lipinski definition) is 2. The van der Waals surface area contributed by atoms with E-state index in [9.17, 15) is 29.4 Å². The number of carboxylic acid groups (broad SMARTS) is 2. The van der Waals surface area contributed by atoms with E-state index in [4.69, 9.17) is 14.7 Å². The van der Waals surface area contributed by atoms with Gasteiger partial charge in [0, 0.05) is 62.8 Å². The Morgan fingerprint density at radius 3 is 1.91 bits per heavy atom. The molecule has 1 fully saturated rings. The fourth-order valence-corrected chi connectivity index (χ4v) is 6.98. The van der Waals surface area contributed by atoms with Gasteiger partial charge < -0.3 is 24.7 Å². The van der Waals surface area contributed by atoms with Crippen molar-refractivity contribution >= 4 is 68.3 Å².